The predicted octanol–water partition coefficient (Wildman–Crippen LogP) is 2.56. The van der Waals surface area contributed by atoms with Crippen molar-refractivity contribution in [1.29, 1.82) is 0 Å². The zero-order chi connectivity index (χ0) is 15.4. The lowest BCUT2D eigenvalue weighted by Gasteiger charge is -2.31. The van der Waals surface area contributed by atoms with E-state index in [-0.39, 0.29) is 11.6 Å². The lowest BCUT2D eigenvalue weighted by atomic mass is 10.0. The van der Waals surface area contributed by atoms with Gasteiger partial charge in [-0.2, -0.15) is 0 Å². The Labute approximate surface area is 129 Å². The second kappa shape index (κ2) is 7.09. The summed E-state index contributed by atoms with van der Waals surface area (Å²) in [7, 11) is 0. The molecule has 3 N–H and O–H groups in total. The fourth-order valence-corrected chi connectivity index (χ4v) is 2.62. The van der Waals surface area contributed by atoms with E-state index in [1.165, 1.54) is 18.6 Å². The van der Waals surface area contributed by atoms with E-state index in [1.54, 1.807) is 6.07 Å². The zero-order valence-corrected chi connectivity index (χ0v) is 12.9. The molecular weight excluding hydrogens is 293 g/mol. The Morgan fingerprint density at radius 3 is 3.05 bits per heavy atom. The standard InChI is InChI=1S/C15H21ClFN3O/c1-10-3-2-6-20(9-10)15(18)19-8-14(21)11-4-5-12(16)13(17)7-11/h4-5,7,10,14,21H,2-3,6,8-9H2,1H3,(H2,18,19). The number of aliphatic hydroxyl groups is 1. The summed E-state index contributed by atoms with van der Waals surface area (Å²) in [4.78, 5) is 6.26. The van der Waals surface area contributed by atoms with E-state index < -0.39 is 11.9 Å². The second-order valence-electron chi connectivity index (χ2n) is 5.58. The summed E-state index contributed by atoms with van der Waals surface area (Å²) in [5.74, 6) is 0.493. The molecule has 0 spiro atoms. The Morgan fingerprint density at radius 2 is 2.38 bits per heavy atom. The van der Waals surface area contributed by atoms with Crippen LogP contribution < -0.4 is 5.73 Å². The van der Waals surface area contributed by atoms with Crippen LogP contribution in [0.1, 0.15) is 31.4 Å². The van der Waals surface area contributed by atoms with Crippen LogP contribution in [0.4, 0.5) is 4.39 Å². The first-order valence-electron chi connectivity index (χ1n) is 7.15. The number of nitrogens with zero attached hydrogens (tertiary/aromatic N) is 2. The zero-order valence-electron chi connectivity index (χ0n) is 12.1. The molecule has 2 rings (SSSR count). The van der Waals surface area contributed by atoms with Gasteiger partial charge in [0.05, 0.1) is 17.7 Å². The maximum Gasteiger partial charge on any atom is 0.191 e. The highest BCUT2D eigenvalue weighted by Gasteiger charge is 2.18. The fraction of sp³-hybridized carbons (Fsp3) is 0.533. The van der Waals surface area contributed by atoms with Gasteiger partial charge in [-0.3, -0.25) is 4.99 Å². The molecule has 1 saturated heterocycles. The second-order valence-corrected chi connectivity index (χ2v) is 5.99. The first-order chi connectivity index (χ1) is 9.97. The highest BCUT2D eigenvalue weighted by molar-refractivity contribution is 6.30. The molecule has 6 heteroatoms. The van der Waals surface area contributed by atoms with E-state index in [9.17, 15) is 9.50 Å². The quantitative estimate of drug-likeness (QED) is 0.666. The van der Waals surface area contributed by atoms with Gasteiger partial charge in [0.15, 0.2) is 5.96 Å². The molecule has 21 heavy (non-hydrogen) atoms. The summed E-state index contributed by atoms with van der Waals surface area (Å²) >= 11 is 5.62. The number of aliphatic hydroxyl groups excluding tert-OH is 1. The van der Waals surface area contributed by atoms with Gasteiger partial charge in [0.2, 0.25) is 0 Å². The third-order valence-electron chi connectivity index (χ3n) is 3.74. The van der Waals surface area contributed by atoms with E-state index in [4.69, 9.17) is 17.3 Å². The van der Waals surface area contributed by atoms with E-state index in [0.29, 0.717) is 17.4 Å². The number of nitrogens with two attached hydrogens (primary N) is 1. The van der Waals surface area contributed by atoms with Crippen LogP contribution in [0.3, 0.4) is 0 Å². The van der Waals surface area contributed by atoms with Crippen LogP contribution in [-0.2, 0) is 0 Å². The molecule has 2 atom stereocenters. The molecule has 1 heterocycles. The maximum absolute atomic E-state index is 13.4. The number of piperidine rings is 1. The normalized spacial score (nSPS) is 21.4. The highest BCUT2D eigenvalue weighted by atomic mass is 35.5. The smallest absolute Gasteiger partial charge is 0.191 e. The van der Waals surface area contributed by atoms with Gasteiger partial charge in [-0.1, -0.05) is 24.6 Å². The van der Waals surface area contributed by atoms with Crippen LogP contribution in [-0.4, -0.2) is 35.6 Å². The number of guanidine groups is 1. The van der Waals surface area contributed by atoms with Gasteiger partial charge >= 0.3 is 0 Å². The molecule has 0 saturated carbocycles. The Balaban J connectivity index is 1.96. The van der Waals surface area contributed by atoms with Crippen LogP contribution in [0, 0.1) is 11.7 Å². The number of benzene rings is 1. The molecule has 1 aliphatic rings. The van der Waals surface area contributed by atoms with Crippen LogP contribution in [0.25, 0.3) is 0 Å². The lowest BCUT2D eigenvalue weighted by Crippen LogP contribution is -2.43. The minimum absolute atomic E-state index is 0.0382. The van der Waals surface area contributed by atoms with Gasteiger partial charge in [0.25, 0.3) is 0 Å². The number of hydrogen-bond acceptors (Lipinski definition) is 2. The number of halogens is 2. The van der Waals surface area contributed by atoms with Crippen molar-refractivity contribution in [2.75, 3.05) is 19.6 Å². The molecular formula is C15H21ClFN3O. The number of aliphatic imine (C=N–C) groups is 1. The lowest BCUT2D eigenvalue weighted by molar-refractivity contribution is 0.185. The summed E-state index contributed by atoms with van der Waals surface area (Å²) in [5.41, 5.74) is 6.41. The van der Waals surface area contributed by atoms with Gasteiger partial charge in [-0.05, 0) is 36.5 Å². The molecule has 1 fully saturated rings. The average Bonchev–Trinajstić information content (AvgIpc) is 2.47. The van der Waals surface area contributed by atoms with Crippen molar-refractivity contribution in [3.8, 4) is 0 Å². The van der Waals surface area contributed by atoms with Gasteiger partial charge < -0.3 is 15.7 Å². The summed E-state index contributed by atoms with van der Waals surface area (Å²) in [6, 6.07) is 4.24. The summed E-state index contributed by atoms with van der Waals surface area (Å²) < 4.78 is 13.4. The molecule has 0 amide bonds. The van der Waals surface area contributed by atoms with Crippen molar-refractivity contribution in [1.82, 2.24) is 4.90 Å². The van der Waals surface area contributed by atoms with Gasteiger partial charge in [-0.15, -0.1) is 0 Å². The van der Waals surface area contributed by atoms with Crippen LogP contribution in [0.5, 0.6) is 0 Å². The fourth-order valence-electron chi connectivity index (χ4n) is 2.50. The van der Waals surface area contributed by atoms with Gasteiger partial charge in [0, 0.05) is 13.1 Å². The molecule has 0 radical (unpaired) electrons. The molecule has 4 nitrogen and oxygen atoms in total. The monoisotopic (exact) mass is 313 g/mol. The first-order valence-corrected chi connectivity index (χ1v) is 7.53. The van der Waals surface area contributed by atoms with Crippen molar-refractivity contribution in [3.63, 3.8) is 0 Å². The third kappa shape index (κ3) is 4.32. The molecule has 116 valence electrons. The minimum Gasteiger partial charge on any atom is -0.386 e. The predicted molar refractivity (Wildman–Crippen MR) is 82.8 cm³/mol. The largest absolute Gasteiger partial charge is 0.386 e. The van der Waals surface area contributed by atoms with Gasteiger partial charge in [0.1, 0.15) is 5.82 Å². The third-order valence-corrected chi connectivity index (χ3v) is 4.04. The summed E-state index contributed by atoms with van der Waals surface area (Å²) in [5, 5.41) is 10.1. The van der Waals surface area contributed by atoms with E-state index in [0.717, 1.165) is 19.5 Å². The average molecular weight is 314 g/mol. The molecule has 1 aliphatic heterocycles. The van der Waals surface area contributed by atoms with Crippen LogP contribution in [0.2, 0.25) is 5.02 Å². The first kappa shape index (κ1) is 16.0. The Bertz CT molecular complexity index is 524. The minimum atomic E-state index is -0.891. The van der Waals surface area contributed by atoms with Crippen molar-refractivity contribution in [2.24, 2.45) is 16.6 Å². The Morgan fingerprint density at radius 1 is 1.62 bits per heavy atom. The number of likely N-dealkylation sites (tertiary alicyclic amines) is 1. The van der Waals surface area contributed by atoms with Crippen LogP contribution >= 0.6 is 11.6 Å². The van der Waals surface area contributed by atoms with Crippen molar-refractivity contribution < 1.29 is 9.50 Å². The number of rotatable bonds is 3. The molecule has 1 aromatic carbocycles. The summed E-state index contributed by atoms with van der Waals surface area (Å²) in [6.45, 7) is 4.08. The molecule has 2 unspecified atom stereocenters. The summed E-state index contributed by atoms with van der Waals surface area (Å²) in [6.07, 6.45) is 1.41. The molecule has 0 aromatic heterocycles. The Hall–Kier alpha value is -1.33. The Kier molecular flexibility index (Phi) is 5.42. The van der Waals surface area contributed by atoms with E-state index in [1.807, 2.05) is 4.90 Å². The van der Waals surface area contributed by atoms with Crippen molar-refractivity contribution >= 4 is 17.6 Å². The molecule has 0 bridgehead atoms. The SMILES string of the molecule is CC1CCCN(C(N)=NCC(O)c2ccc(Cl)c(F)c2)C1. The molecule has 1 aromatic rings. The van der Waals surface area contributed by atoms with Crippen LogP contribution in [0.15, 0.2) is 23.2 Å². The maximum atomic E-state index is 13.4. The molecule has 0 aliphatic carbocycles. The van der Waals surface area contributed by atoms with Gasteiger partial charge in [-0.25, -0.2) is 4.39 Å². The number of hydrogen-bond donors (Lipinski definition) is 2. The van der Waals surface area contributed by atoms with Crippen molar-refractivity contribution in [2.45, 2.75) is 25.9 Å². The van der Waals surface area contributed by atoms with E-state index >= 15 is 0 Å². The highest BCUT2D eigenvalue weighted by Crippen LogP contribution is 2.21. The van der Waals surface area contributed by atoms with E-state index in [2.05, 4.69) is 11.9 Å². The topological polar surface area (TPSA) is 61.8 Å². The van der Waals surface area contributed by atoms with Crippen molar-refractivity contribution in [3.05, 3.63) is 34.6 Å².